The van der Waals surface area contributed by atoms with E-state index in [1.54, 1.807) is 4.90 Å². The van der Waals surface area contributed by atoms with Gasteiger partial charge in [-0.15, -0.1) is 0 Å². The normalized spacial score (nSPS) is 26.1. The SMILES string of the molecule is O=C(C1CCOCC1)N1CC2OC(=O)N(CCc3cccc(Cl)c3)C2C1. The second-order valence-corrected chi connectivity index (χ2v) is 7.63. The molecular weight excluding hydrogens is 356 g/mol. The summed E-state index contributed by atoms with van der Waals surface area (Å²) in [5.41, 5.74) is 1.09. The van der Waals surface area contributed by atoms with E-state index in [-0.39, 0.29) is 30.1 Å². The molecule has 3 saturated heterocycles. The van der Waals surface area contributed by atoms with Gasteiger partial charge < -0.3 is 14.4 Å². The largest absolute Gasteiger partial charge is 0.442 e. The minimum Gasteiger partial charge on any atom is -0.442 e. The Morgan fingerprint density at radius 2 is 2.04 bits per heavy atom. The van der Waals surface area contributed by atoms with E-state index in [0.717, 1.165) is 18.4 Å². The molecule has 2 amide bonds. The van der Waals surface area contributed by atoms with Gasteiger partial charge in [-0.05, 0) is 37.0 Å². The van der Waals surface area contributed by atoms with Crippen LogP contribution in [0.3, 0.4) is 0 Å². The Balaban J connectivity index is 1.37. The predicted molar refractivity (Wildman–Crippen MR) is 96.0 cm³/mol. The summed E-state index contributed by atoms with van der Waals surface area (Å²) in [5.74, 6) is 0.215. The molecule has 0 spiro atoms. The number of hydrogen-bond acceptors (Lipinski definition) is 4. The van der Waals surface area contributed by atoms with Crippen LogP contribution in [0.25, 0.3) is 0 Å². The zero-order chi connectivity index (χ0) is 18.1. The number of fused-ring (bicyclic) bond motifs is 1. The highest BCUT2D eigenvalue weighted by Crippen LogP contribution is 2.29. The number of likely N-dealkylation sites (tertiary alicyclic amines) is 1. The molecule has 3 heterocycles. The van der Waals surface area contributed by atoms with E-state index in [0.29, 0.717) is 44.3 Å². The van der Waals surface area contributed by atoms with Crippen molar-refractivity contribution in [3.05, 3.63) is 34.9 Å². The molecule has 2 atom stereocenters. The smallest absolute Gasteiger partial charge is 0.410 e. The van der Waals surface area contributed by atoms with E-state index in [9.17, 15) is 9.59 Å². The lowest BCUT2D eigenvalue weighted by Gasteiger charge is -2.27. The van der Waals surface area contributed by atoms with Crippen molar-refractivity contribution in [2.24, 2.45) is 5.92 Å². The molecule has 0 N–H and O–H groups in total. The summed E-state index contributed by atoms with van der Waals surface area (Å²) in [7, 11) is 0. The summed E-state index contributed by atoms with van der Waals surface area (Å²) >= 11 is 6.03. The molecule has 0 bridgehead atoms. The van der Waals surface area contributed by atoms with Gasteiger partial charge in [0.2, 0.25) is 5.91 Å². The fourth-order valence-electron chi connectivity index (χ4n) is 4.09. The topological polar surface area (TPSA) is 59.1 Å². The van der Waals surface area contributed by atoms with Crippen LogP contribution in [-0.2, 0) is 20.7 Å². The van der Waals surface area contributed by atoms with Gasteiger partial charge in [-0.2, -0.15) is 0 Å². The predicted octanol–water partition coefficient (Wildman–Crippen LogP) is 2.34. The van der Waals surface area contributed by atoms with Crippen molar-refractivity contribution in [3.8, 4) is 0 Å². The number of amides is 2. The molecule has 0 aromatic heterocycles. The lowest BCUT2D eigenvalue weighted by atomic mass is 9.99. The summed E-state index contributed by atoms with van der Waals surface area (Å²) in [5, 5.41) is 0.693. The first-order valence-corrected chi connectivity index (χ1v) is 9.58. The Kier molecular flexibility index (Phi) is 5.05. The third-order valence-electron chi connectivity index (χ3n) is 5.54. The number of benzene rings is 1. The first kappa shape index (κ1) is 17.6. The van der Waals surface area contributed by atoms with Crippen molar-refractivity contribution in [2.45, 2.75) is 31.4 Å². The minimum absolute atomic E-state index is 0.0400. The summed E-state index contributed by atoms with van der Waals surface area (Å²) in [6, 6.07) is 7.61. The Hall–Kier alpha value is -1.79. The highest BCUT2D eigenvalue weighted by molar-refractivity contribution is 6.30. The standard InChI is InChI=1S/C19H23ClN2O4/c20-15-3-1-2-13(10-15)4-7-22-16-11-21(12-17(16)26-19(22)24)18(23)14-5-8-25-9-6-14/h1-3,10,14,16-17H,4-9,11-12H2. The van der Waals surface area contributed by atoms with Crippen molar-refractivity contribution in [3.63, 3.8) is 0 Å². The van der Waals surface area contributed by atoms with E-state index in [1.807, 2.05) is 29.2 Å². The second-order valence-electron chi connectivity index (χ2n) is 7.19. The maximum Gasteiger partial charge on any atom is 0.410 e. The fourth-order valence-corrected chi connectivity index (χ4v) is 4.30. The maximum absolute atomic E-state index is 12.7. The maximum atomic E-state index is 12.7. The summed E-state index contributed by atoms with van der Waals surface area (Å²) in [6.45, 7) is 2.93. The van der Waals surface area contributed by atoms with Crippen molar-refractivity contribution in [2.75, 3.05) is 32.8 Å². The van der Waals surface area contributed by atoms with Gasteiger partial charge in [0, 0.05) is 37.2 Å². The molecule has 7 heteroatoms. The average molecular weight is 379 g/mol. The van der Waals surface area contributed by atoms with Crippen LogP contribution in [0.4, 0.5) is 4.79 Å². The number of rotatable bonds is 4. The van der Waals surface area contributed by atoms with Gasteiger partial charge in [-0.1, -0.05) is 23.7 Å². The van der Waals surface area contributed by atoms with Gasteiger partial charge in [0.25, 0.3) is 0 Å². The minimum atomic E-state index is -0.278. The lowest BCUT2D eigenvalue weighted by molar-refractivity contribution is -0.138. The Morgan fingerprint density at radius 3 is 2.81 bits per heavy atom. The van der Waals surface area contributed by atoms with E-state index in [4.69, 9.17) is 21.1 Å². The molecule has 26 heavy (non-hydrogen) atoms. The van der Waals surface area contributed by atoms with Crippen molar-refractivity contribution >= 4 is 23.6 Å². The molecule has 4 rings (SSSR count). The average Bonchev–Trinajstić information content (AvgIpc) is 3.17. The molecule has 1 aromatic rings. The van der Waals surface area contributed by atoms with Gasteiger partial charge >= 0.3 is 6.09 Å². The molecule has 140 valence electrons. The number of carbonyl (C=O) groups excluding carboxylic acids is 2. The van der Waals surface area contributed by atoms with Crippen molar-refractivity contribution < 1.29 is 19.1 Å². The van der Waals surface area contributed by atoms with Crippen LogP contribution in [0, 0.1) is 5.92 Å². The Labute approximate surface area is 158 Å². The molecular formula is C19H23ClN2O4. The molecule has 1 aromatic carbocycles. The van der Waals surface area contributed by atoms with Crippen LogP contribution in [-0.4, -0.2) is 66.8 Å². The zero-order valence-electron chi connectivity index (χ0n) is 14.6. The van der Waals surface area contributed by atoms with Gasteiger partial charge in [-0.3, -0.25) is 9.69 Å². The number of halogens is 1. The summed E-state index contributed by atoms with van der Waals surface area (Å²) < 4.78 is 10.9. The Morgan fingerprint density at radius 1 is 1.23 bits per heavy atom. The van der Waals surface area contributed by atoms with Crippen molar-refractivity contribution in [1.82, 2.24) is 9.80 Å². The van der Waals surface area contributed by atoms with Crippen LogP contribution in [0.15, 0.2) is 24.3 Å². The number of ether oxygens (including phenoxy) is 2. The molecule has 0 saturated carbocycles. The molecule has 3 fully saturated rings. The van der Waals surface area contributed by atoms with Gasteiger partial charge in [0.05, 0.1) is 12.6 Å². The monoisotopic (exact) mass is 378 g/mol. The highest BCUT2D eigenvalue weighted by Gasteiger charge is 2.49. The Bertz CT molecular complexity index is 692. The summed E-state index contributed by atoms with van der Waals surface area (Å²) in [4.78, 5) is 28.6. The number of nitrogens with zero attached hydrogens (tertiary/aromatic N) is 2. The quantitative estimate of drug-likeness (QED) is 0.807. The van der Waals surface area contributed by atoms with E-state index < -0.39 is 0 Å². The highest BCUT2D eigenvalue weighted by atomic mass is 35.5. The first-order chi connectivity index (χ1) is 12.6. The van der Waals surface area contributed by atoms with Crippen LogP contribution in [0.5, 0.6) is 0 Å². The third kappa shape index (κ3) is 3.53. The molecule has 3 aliphatic rings. The lowest BCUT2D eigenvalue weighted by Crippen LogP contribution is -2.42. The zero-order valence-corrected chi connectivity index (χ0v) is 15.4. The van der Waals surface area contributed by atoms with Gasteiger partial charge in [-0.25, -0.2) is 4.79 Å². The number of hydrogen-bond donors (Lipinski definition) is 0. The van der Waals surface area contributed by atoms with E-state index in [2.05, 4.69) is 0 Å². The summed E-state index contributed by atoms with van der Waals surface area (Å²) in [6.07, 6.45) is 1.78. The number of carbonyl (C=O) groups is 2. The van der Waals surface area contributed by atoms with E-state index >= 15 is 0 Å². The molecule has 3 aliphatic heterocycles. The van der Waals surface area contributed by atoms with Crippen molar-refractivity contribution in [1.29, 1.82) is 0 Å². The van der Waals surface area contributed by atoms with Gasteiger partial charge in [0.1, 0.15) is 6.10 Å². The fraction of sp³-hybridized carbons (Fsp3) is 0.579. The molecule has 6 nitrogen and oxygen atoms in total. The molecule has 0 radical (unpaired) electrons. The van der Waals surface area contributed by atoms with E-state index in [1.165, 1.54) is 0 Å². The molecule has 2 unspecified atom stereocenters. The van der Waals surface area contributed by atoms with Crippen LogP contribution in [0.2, 0.25) is 5.02 Å². The second kappa shape index (κ2) is 7.45. The third-order valence-corrected chi connectivity index (χ3v) is 5.77. The van der Waals surface area contributed by atoms with Crippen LogP contribution in [0.1, 0.15) is 18.4 Å². The van der Waals surface area contributed by atoms with Crippen LogP contribution >= 0.6 is 11.6 Å². The molecule has 0 aliphatic carbocycles. The van der Waals surface area contributed by atoms with Gasteiger partial charge in [0.15, 0.2) is 0 Å². The van der Waals surface area contributed by atoms with Crippen LogP contribution < -0.4 is 0 Å². The first-order valence-electron chi connectivity index (χ1n) is 9.20.